The van der Waals surface area contributed by atoms with Crippen LogP contribution in [-0.2, 0) is 6.42 Å². The highest BCUT2D eigenvalue weighted by Gasteiger charge is 2.16. The molecular formula is C15H14BrF2NO. The fraction of sp³-hybridized carbons (Fsp3) is 0.200. The molecule has 1 unspecified atom stereocenters. The second kappa shape index (κ2) is 6.33. The smallest absolute Gasteiger partial charge is 0.129 e. The maximum absolute atomic E-state index is 13.8. The molecule has 2 aromatic rings. The number of benzene rings is 2. The molecule has 20 heavy (non-hydrogen) atoms. The molecule has 0 heterocycles. The van der Waals surface area contributed by atoms with Gasteiger partial charge in [-0.25, -0.2) is 8.78 Å². The standard InChI is InChI=1S/C15H14BrF2NO/c16-13-6-9(1-4-15(13)20)5-10(8-19)12-7-11(17)2-3-14(12)18/h1-4,6-7,10,20H,5,8,19H2. The van der Waals surface area contributed by atoms with E-state index in [9.17, 15) is 13.9 Å². The maximum atomic E-state index is 13.8. The minimum atomic E-state index is -0.480. The molecule has 106 valence electrons. The molecule has 0 aliphatic rings. The Balaban J connectivity index is 2.28. The summed E-state index contributed by atoms with van der Waals surface area (Å²) in [4.78, 5) is 0. The lowest BCUT2D eigenvalue weighted by atomic mass is 9.91. The fourth-order valence-corrected chi connectivity index (χ4v) is 2.54. The van der Waals surface area contributed by atoms with Gasteiger partial charge >= 0.3 is 0 Å². The molecule has 0 fully saturated rings. The van der Waals surface area contributed by atoms with E-state index in [-0.39, 0.29) is 23.8 Å². The molecule has 2 nitrogen and oxygen atoms in total. The second-order valence-corrected chi connectivity index (χ2v) is 5.44. The van der Waals surface area contributed by atoms with Crippen molar-refractivity contribution < 1.29 is 13.9 Å². The van der Waals surface area contributed by atoms with E-state index in [4.69, 9.17) is 5.73 Å². The van der Waals surface area contributed by atoms with Crippen molar-refractivity contribution in [1.29, 1.82) is 0 Å². The van der Waals surface area contributed by atoms with Crippen LogP contribution < -0.4 is 5.73 Å². The zero-order chi connectivity index (χ0) is 14.7. The third-order valence-corrected chi connectivity index (χ3v) is 3.81. The van der Waals surface area contributed by atoms with Gasteiger partial charge < -0.3 is 10.8 Å². The molecule has 0 spiro atoms. The largest absolute Gasteiger partial charge is 0.507 e. The van der Waals surface area contributed by atoms with E-state index in [0.717, 1.165) is 17.7 Å². The van der Waals surface area contributed by atoms with Crippen molar-refractivity contribution in [2.45, 2.75) is 12.3 Å². The molecule has 0 saturated heterocycles. The summed E-state index contributed by atoms with van der Waals surface area (Å²) in [7, 11) is 0. The Morgan fingerprint density at radius 1 is 1.15 bits per heavy atom. The first-order valence-electron chi connectivity index (χ1n) is 6.13. The molecule has 0 radical (unpaired) electrons. The molecular weight excluding hydrogens is 328 g/mol. The number of hydrogen-bond acceptors (Lipinski definition) is 2. The van der Waals surface area contributed by atoms with Crippen molar-refractivity contribution in [3.8, 4) is 5.75 Å². The van der Waals surface area contributed by atoms with Crippen molar-refractivity contribution in [3.63, 3.8) is 0 Å². The van der Waals surface area contributed by atoms with Crippen molar-refractivity contribution in [3.05, 3.63) is 63.6 Å². The van der Waals surface area contributed by atoms with E-state index in [0.29, 0.717) is 10.9 Å². The van der Waals surface area contributed by atoms with Gasteiger partial charge in [-0.1, -0.05) is 6.07 Å². The number of nitrogens with two attached hydrogens (primary N) is 1. The molecule has 2 rings (SSSR count). The third-order valence-electron chi connectivity index (χ3n) is 3.18. The third kappa shape index (κ3) is 3.35. The van der Waals surface area contributed by atoms with Crippen LogP contribution in [0.2, 0.25) is 0 Å². The first-order valence-corrected chi connectivity index (χ1v) is 6.93. The molecule has 0 amide bonds. The quantitative estimate of drug-likeness (QED) is 0.890. The Morgan fingerprint density at radius 2 is 1.90 bits per heavy atom. The Hall–Kier alpha value is -1.46. The Morgan fingerprint density at radius 3 is 2.55 bits per heavy atom. The molecule has 0 bridgehead atoms. The van der Waals surface area contributed by atoms with Gasteiger partial charge in [-0.3, -0.25) is 0 Å². The molecule has 5 heteroatoms. The number of hydrogen-bond donors (Lipinski definition) is 2. The van der Waals surface area contributed by atoms with E-state index >= 15 is 0 Å². The Bertz CT molecular complexity index is 619. The highest BCUT2D eigenvalue weighted by molar-refractivity contribution is 9.10. The number of phenolic OH excluding ortho intramolecular Hbond substituents is 1. The SMILES string of the molecule is NCC(Cc1ccc(O)c(Br)c1)c1cc(F)ccc1F. The average molecular weight is 342 g/mol. The van der Waals surface area contributed by atoms with Crippen LogP contribution in [0.5, 0.6) is 5.75 Å². The molecule has 0 aromatic heterocycles. The topological polar surface area (TPSA) is 46.2 Å². The normalized spacial score (nSPS) is 12.4. The number of aromatic hydroxyl groups is 1. The molecule has 0 saturated carbocycles. The highest BCUT2D eigenvalue weighted by atomic mass is 79.9. The average Bonchev–Trinajstić information content (AvgIpc) is 2.43. The minimum absolute atomic E-state index is 0.134. The zero-order valence-corrected chi connectivity index (χ0v) is 12.2. The van der Waals surface area contributed by atoms with Crippen LogP contribution in [-0.4, -0.2) is 11.7 Å². The summed E-state index contributed by atoms with van der Waals surface area (Å²) in [5.41, 5.74) is 6.85. The summed E-state index contributed by atoms with van der Waals surface area (Å²) in [6.07, 6.45) is 0.468. The predicted octanol–water partition coefficient (Wildman–Crippen LogP) is 3.72. The van der Waals surface area contributed by atoms with Crippen LogP contribution in [0.4, 0.5) is 8.78 Å². The van der Waals surface area contributed by atoms with Crippen LogP contribution in [0.25, 0.3) is 0 Å². The van der Waals surface area contributed by atoms with E-state index in [1.807, 2.05) is 0 Å². The molecule has 0 aliphatic heterocycles. The van der Waals surface area contributed by atoms with E-state index in [2.05, 4.69) is 15.9 Å². The van der Waals surface area contributed by atoms with Crippen molar-refractivity contribution >= 4 is 15.9 Å². The summed E-state index contributed by atoms with van der Waals surface area (Å²) >= 11 is 3.22. The molecule has 0 aliphatic carbocycles. The highest BCUT2D eigenvalue weighted by Crippen LogP contribution is 2.28. The van der Waals surface area contributed by atoms with Gasteiger partial charge in [-0.15, -0.1) is 0 Å². The summed E-state index contributed by atoms with van der Waals surface area (Å²) in [5, 5.41) is 9.45. The van der Waals surface area contributed by atoms with Gasteiger partial charge in [0.1, 0.15) is 17.4 Å². The van der Waals surface area contributed by atoms with Crippen LogP contribution in [0, 0.1) is 11.6 Å². The van der Waals surface area contributed by atoms with Crippen molar-refractivity contribution in [2.75, 3.05) is 6.54 Å². The molecule has 2 aromatic carbocycles. The van der Waals surface area contributed by atoms with E-state index in [1.54, 1.807) is 18.2 Å². The summed E-state index contributed by atoms with van der Waals surface area (Å²) in [6.45, 7) is 0.207. The number of halogens is 3. The molecule has 3 N–H and O–H groups in total. The summed E-state index contributed by atoms with van der Waals surface area (Å²) in [5.74, 6) is -1.12. The monoisotopic (exact) mass is 341 g/mol. The van der Waals surface area contributed by atoms with Gasteiger partial charge in [0.15, 0.2) is 0 Å². The van der Waals surface area contributed by atoms with Crippen molar-refractivity contribution in [2.24, 2.45) is 5.73 Å². The predicted molar refractivity (Wildman–Crippen MR) is 77.7 cm³/mol. The second-order valence-electron chi connectivity index (χ2n) is 4.59. The lowest BCUT2D eigenvalue weighted by Gasteiger charge is -2.16. The van der Waals surface area contributed by atoms with Gasteiger partial charge in [-0.05, 0) is 70.4 Å². The van der Waals surface area contributed by atoms with E-state index in [1.165, 1.54) is 6.07 Å². The first-order chi connectivity index (χ1) is 9.51. The van der Waals surface area contributed by atoms with E-state index < -0.39 is 11.6 Å². The van der Waals surface area contributed by atoms with Crippen LogP contribution in [0.1, 0.15) is 17.0 Å². The van der Waals surface area contributed by atoms with Gasteiger partial charge in [0, 0.05) is 5.92 Å². The molecule has 1 atom stereocenters. The zero-order valence-electron chi connectivity index (χ0n) is 10.6. The van der Waals surface area contributed by atoms with Crippen LogP contribution in [0.15, 0.2) is 40.9 Å². The van der Waals surface area contributed by atoms with Crippen LogP contribution >= 0.6 is 15.9 Å². The van der Waals surface area contributed by atoms with Gasteiger partial charge in [0.2, 0.25) is 0 Å². The minimum Gasteiger partial charge on any atom is -0.507 e. The lowest BCUT2D eigenvalue weighted by Crippen LogP contribution is -2.16. The number of phenols is 1. The summed E-state index contributed by atoms with van der Waals surface area (Å²) in [6, 6.07) is 8.41. The van der Waals surface area contributed by atoms with Gasteiger partial charge in [-0.2, -0.15) is 0 Å². The Labute approximate surface area is 124 Å². The van der Waals surface area contributed by atoms with Crippen molar-refractivity contribution in [1.82, 2.24) is 0 Å². The Kier molecular flexibility index (Phi) is 4.73. The van der Waals surface area contributed by atoms with Crippen LogP contribution in [0.3, 0.4) is 0 Å². The summed E-state index contributed by atoms with van der Waals surface area (Å²) < 4.78 is 27.6. The maximum Gasteiger partial charge on any atom is 0.129 e. The van der Waals surface area contributed by atoms with Gasteiger partial charge in [0.05, 0.1) is 4.47 Å². The van der Waals surface area contributed by atoms with Gasteiger partial charge in [0.25, 0.3) is 0 Å². The first kappa shape index (κ1) is 14.9. The number of rotatable bonds is 4. The lowest BCUT2D eigenvalue weighted by molar-refractivity contribution is 0.471. The fourth-order valence-electron chi connectivity index (χ4n) is 2.11.